The lowest BCUT2D eigenvalue weighted by molar-refractivity contribution is -0.137. The van der Waals surface area contributed by atoms with Gasteiger partial charge in [-0.25, -0.2) is 14.4 Å². The lowest BCUT2D eigenvalue weighted by Gasteiger charge is -2.30. The summed E-state index contributed by atoms with van der Waals surface area (Å²) in [6.45, 7) is 5.33. The predicted octanol–water partition coefficient (Wildman–Crippen LogP) is 5.66. The number of benzene rings is 1. The number of halogens is 5. The van der Waals surface area contributed by atoms with Gasteiger partial charge in [0.15, 0.2) is 11.6 Å². The van der Waals surface area contributed by atoms with Crippen LogP contribution in [-0.4, -0.2) is 64.7 Å². The van der Waals surface area contributed by atoms with Crippen molar-refractivity contribution in [1.29, 1.82) is 0 Å². The van der Waals surface area contributed by atoms with Crippen LogP contribution in [-0.2, 0) is 6.18 Å². The number of hydrogen-bond donors (Lipinski definition) is 2. The molecule has 0 amide bonds. The maximum Gasteiger partial charge on any atom is 0.418 e. The lowest BCUT2D eigenvalue weighted by Crippen LogP contribution is -2.31. The molecule has 3 aromatic heterocycles. The van der Waals surface area contributed by atoms with E-state index in [0.717, 1.165) is 25.6 Å². The number of rotatable bonds is 6. The fourth-order valence-corrected chi connectivity index (χ4v) is 6.44. The van der Waals surface area contributed by atoms with Gasteiger partial charge in [0.25, 0.3) is 0 Å². The van der Waals surface area contributed by atoms with Gasteiger partial charge in [-0.05, 0) is 51.6 Å². The Morgan fingerprint density at radius 3 is 2.67 bits per heavy atom. The van der Waals surface area contributed by atoms with E-state index < -0.39 is 39.9 Å². The zero-order chi connectivity index (χ0) is 32.2. The number of alkyl halides is 3. The summed E-state index contributed by atoms with van der Waals surface area (Å²) in [6, 6.07) is 4.06. The van der Waals surface area contributed by atoms with Crippen LogP contribution in [0.2, 0.25) is 5.02 Å². The second-order valence-corrected chi connectivity index (χ2v) is 11.8. The standard InChI is InChI=1S/C30H31ClF4N8O2/c1-14-11-18(36)39-24(21(14)30(33,34)35)19-22(31)26-20-25(23(19)32)40-29(45-13-16-6-8-42(3)12-16)41-28(20)43(9-10-44-26)15(2)17-5-4-7-38-27(17)37/h4-5,7,11,15-16H,6,8-10,12-13H2,1-3H3,(H2,36,39)(H2,37,38)/t15-,16?/m1/s1. The van der Waals surface area contributed by atoms with Gasteiger partial charge in [-0.2, -0.15) is 23.1 Å². The van der Waals surface area contributed by atoms with Crippen LogP contribution in [0.15, 0.2) is 24.4 Å². The number of aromatic nitrogens is 4. The molecule has 1 fully saturated rings. The summed E-state index contributed by atoms with van der Waals surface area (Å²) in [5, 5.41) is -0.332. The summed E-state index contributed by atoms with van der Waals surface area (Å²) in [7, 11) is 2.01. The third-order valence-corrected chi connectivity index (χ3v) is 8.64. The molecule has 4 N–H and O–H groups in total. The van der Waals surface area contributed by atoms with Crippen molar-refractivity contribution in [2.75, 3.05) is 56.3 Å². The number of ether oxygens (including phenoxy) is 2. The van der Waals surface area contributed by atoms with Crippen LogP contribution in [0, 0.1) is 18.7 Å². The minimum atomic E-state index is -4.89. The van der Waals surface area contributed by atoms with Crippen molar-refractivity contribution in [3.05, 3.63) is 51.9 Å². The van der Waals surface area contributed by atoms with Crippen LogP contribution in [0.3, 0.4) is 0 Å². The van der Waals surface area contributed by atoms with Crippen LogP contribution in [0.25, 0.3) is 22.2 Å². The van der Waals surface area contributed by atoms with Crippen molar-refractivity contribution in [1.82, 2.24) is 24.8 Å². The van der Waals surface area contributed by atoms with Gasteiger partial charge in [0.1, 0.15) is 29.6 Å². The van der Waals surface area contributed by atoms with Crippen molar-refractivity contribution in [2.24, 2.45) is 5.92 Å². The number of pyridine rings is 2. The molecule has 1 saturated heterocycles. The summed E-state index contributed by atoms with van der Waals surface area (Å²) in [6.07, 6.45) is -2.43. The molecular weight excluding hydrogens is 616 g/mol. The molecule has 2 atom stereocenters. The Hall–Kier alpha value is -4.17. The summed E-state index contributed by atoms with van der Waals surface area (Å²) in [4.78, 5) is 21.2. The number of aryl methyl sites for hydroxylation is 1. The molecule has 1 unspecified atom stereocenters. The van der Waals surface area contributed by atoms with E-state index in [-0.39, 0.29) is 65.5 Å². The van der Waals surface area contributed by atoms with E-state index in [9.17, 15) is 13.2 Å². The van der Waals surface area contributed by atoms with Crippen LogP contribution in [0.5, 0.6) is 11.8 Å². The van der Waals surface area contributed by atoms with E-state index in [1.807, 2.05) is 24.9 Å². The minimum absolute atomic E-state index is 0.0286. The zero-order valence-corrected chi connectivity index (χ0v) is 25.5. The van der Waals surface area contributed by atoms with Gasteiger partial charge in [-0.15, -0.1) is 0 Å². The number of hydrogen-bond acceptors (Lipinski definition) is 10. The molecular formula is C30H31ClF4N8O2. The van der Waals surface area contributed by atoms with Crippen molar-refractivity contribution < 1.29 is 27.0 Å². The normalized spacial score (nSPS) is 17.8. The molecule has 238 valence electrons. The Kier molecular flexibility index (Phi) is 7.98. The Morgan fingerprint density at radius 2 is 1.98 bits per heavy atom. The Morgan fingerprint density at radius 1 is 1.20 bits per heavy atom. The van der Waals surface area contributed by atoms with E-state index in [4.69, 9.17) is 37.5 Å². The highest BCUT2D eigenvalue weighted by Crippen LogP contribution is 2.50. The fourth-order valence-electron chi connectivity index (χ4n) is 6.12. The molecule has 2 aliphatic rings. The van der Waals surface area contributed by atoms with Gasteiger partial charge in [0, 0.05) is 24.2 Å². The van der Waals surface area contributed by atoms with Crippen molar-refractivity contribution >= 4 is 40.0 Å². The predicted molar refractivity (Wildman–Crippen MR) is 163 cm³/mol. The highest BCUT2D eigenvalue weighted by atomic mass is 35.5. The molecule has 2 aliphatic heterocycles. The molecule has 0 bridgehead atoms. The Labute approximate surface area is 261 Å². The molecule has 6 rings (SSSR count). The van der Waals surface area contributed by atoms with Gasteiger partial charge in [-0.1, -0.05) is 17.7 Å². The Bertz CT molecular complexity index is 1790. The van der Waals surface area contributed by atoms with E-state index >= 15 is 4.39 Å². The van der Waals surface area contributed by atoms with Gasteiger partial charge in [-0.3, -0.25) is 0 Å². The minimum Gasteiger partial charge on any atom is -0.489 e. The number of nitrogens with zero attached hydrogens (tertiary/aromatic N) is 6. The lowest BCUT2D eigenvalue weighted by atomic mass is 9.98. The molecule has 1 aromatic carbocycles. The first kappa shape index (κ1) is 30.8. The number of nitrogens with two attached hydrogens (primary N) is 2. The number of nitrogen functional groups attached to an aromatic ring is 2. The van der Waals surface area contributed by atoms with Gasteiger partial charge < -0.3 is 30.7 Å². The third kappa shape index (κ3) is 5.61. The molecule has 15 heteroatoms. The summed E-state index contributed by atoms with van der Waals surface area (Å²) in [5.41, 5.74) is 9.60. The highest BCUT2D eigenvalue weighted by molar-refractivity contribution is 6.36. The molecule has 10 nitrogen and oxygen atoms in total. The van der Waals surface area contributed by atoms with Crippen LogP contribution < -0.4 is 25.8 Å². The first-order chi connectivity index (χ1) is 21.3. The SMILES string of the molecule is Cc1cc(N)nc(-c2c(Cl)c3c4c(nc(OCC5CCN(C)C5)nc4c2F)N([C@H](C)c2cccnc2N)CCO3)c1C(F)(F)F. The topological polar surface area (TPSA) is 129 Å². The summed E-state index contributed by atoms with van der Waals surface area (Å²) < 4.78 is 71.9. The van der Waals surface area contributed by atoms with Gasteiger partial charge in [0.2, 0.25) is 0 Å². The molecule has 4 aromatic rings. The quantitative estimate of drug-likeness (QED) is 0.253. The maximum atomic E-state index is 16.8. The van der Waals surface area contributed by atoms with E-state index in [1.54, 1.807) is 12.3 Å². The van der Waals surface area contributed by atoms with Crippen LogP contribution in [0.1, 0.15) is 36.1 Å². The molecule has 5 heterocycles. The molecule has 0 aliphatic carbocycles. The monoisotopic (exact) mass is 646 g/mol. The first-order valence-corrected chi connectivity index (χ1v) is 14.7. The third-order valence-electron chi connectivity index (χ3n) is 8.28. The second-order valence-electron chi connectivity index (χ2n) is 11.4. The summed E-state index contributed by atoms with van der Waals surface area (Å²) in [5.74, 6) is -0.745. The van der Waals surface area contributed by atoms with Crippen LogP contribution in [0.4, 0.5) is 35.0 Å². The maximum absolute atomic E-state index is 16.8. The molecule has 45 heavy (non-hydrogen) atoms. The number of likely N-dealkylation sites (tertiary alicyclic amines) is 1. The average molecular weight is 647 g/mol. The molecule has 0 radical (unpaired) electrons. The van der Waals surface area contributed by atoms with Crippen molar-refractivity contribution in [2.45, 2.75) is 32.5 Å². The first-order valence-electron chi connectivity index (χ1n) is 14.3. The summed E-state index contributed by atoms with van der Waals surface area (Å²) >= 11 is 6.75. The van der Waals surface area contributed by atoms with Crippen molar-refractivity contribution in [3.63, 3.8) is 0 Å². The molecule has 0 spiro atoms. The molecule has 0 saturated carbocycles. The largest absolute Gasteiger partial charge is 0.489 e. The van der Waals surface area contributed by atoms with E-state index in [1.165, 1.54) is 6.92 Å². The zero-order valence-electron chi connectivity index (χ0n) is 24.8. The van der Waals surface area contributed by atoms with Crippen molar-refractivity contribution in [3.8, 4) is 23.0 Å². The highest BCUT2D eigenvalue weighted by Gasteiger charge is 2.40. The fraction of sp³-hybridized carbons (Fsp3) is 0.400. The second kappa shape index (κ2) is 11.6. The van der Waals surface area contributed by atoms with Gasteiger partial charge >= 0.3 is 12.2 Å². The van der Waals surface area contributed by atoms with E-state index in [0.29, 0.717) is 11.4 Å². The van der Waals surface area contributed by atoms with E-state index in [2.05, 4.69) is 19.9 Å². The average Bonchev–Trinajstić information content (AvgIpc) is 3.29. The van der Waals surface area contributed by atoms with Crippen LogP contribution >= 0.6 is 11.6 Å². The smallest absolute Gasteiger partial charge is 0.418 e. The number of anilines is 3. The Balaban J connectivity index is 1.60. The van der Waals surface area contributed by atoms with Gasteiger partial charge in [0.05, 0.1) is 46.4 Å².